The minimum absolute atomic E-state index is 0.0751. The second-order valence-corrected chi connectivity index (χ2v) is 5.28. The zero-order valence-electron chi connectivity index (χ0n) is 11.9. The Kier molecular flexibility index (Phi) is 4.03. The standard InChI is InChI=1S/C14H13F3N4O2/c15-9-3-7(4-10(16)13(9)17)11-6-21(20-19-11)8-1-2-23-12(5-8)14(18)22/h3-4,6,8,12H,1-2,5H2,(H2,18,22). The van der Waals surface area contributed by atoms with E-state index in [-0.39, 0.29) is 17.3 Å². The number of nitrogens with two attached hydrogens (primary N) is 1. The molecule has 9 heteroatoms. The number of hydrogen-bond acceptors (Lipinski definition) is 4. The van der Waals surface area contributed by atoms with E-state index in [1.54, 1.807) is 0 Å². The quantitative estimate of drug-likeness (QED) is 0.868. The first-order valence-corrected chi connectivity index (χ1v) is 6.93. The molecule has 23 heavy (non-hydrogen) atoms. The van der Waals surface area contributed by atoms with E-state index in [4.69, 9.17) is 10.5 Å². The summed E-state index contributed by atoms with van der Waals surface area (Å²) in [6, 6.07) is 1.53. The fourth-order valence-corrected chi connectivity index (χ4v) is 2.51. The van der Waals surface area contributed by atoms with Gasteiger partial charge in [0.2, 0.25) is 5.91 Å². The molecule has 1 aliphatic rings. The van der Waals surface area contributed by atoms with Crippen LogP contribution in [0.4, 0.5) is 13.2 Å². The molecule has 1 aromatic heterocycles. The van der Waals surface area contributed by atoms with Gasteiger partial charge in [-0.1, -0.05) is 5.21 Å². The summed E-state index contributed by atoms with van der Waals surface area (Å²) in [4.78, 5) is 11.2. The average molecular weight is 326 g/mol. The number of carbonyl (C=O) groups excluding carboxylic acids is 1. The summed E-state index contributed by atoms with van der Waals surface area (Å²) in [6.45, 7) is 0.341. The first-order valence-electron chi connectivity index (χ1n) is 6.93. The third-order valence-corrected chi connectivity index (χ3v) is 3.74. The van der Waals surface area contributed by atoms with Crippen molar-refractivity contribution in [1.29, 1.82) is 0 Å². The predicted molar refractivity (Wildman–Crippen MR) is 72.5 cm³/mol. The maximum atomic E-state index is 13.3. The lowest BCUT2D eigenvalue weighted by Gasteiger charge is -2.27. The molecule has 1 saturated heterocycles. The molecule has 2 unspecified atom stereocenters. The SMILES string of the molecule is NC(=O)C1CC(n2cc(-c3cc(F)c(F)c(F)c3)nn2)CCO1. The molecule has 1 fully saturated rings. The van der Waals surface area contributed by atoms with Crippen molar-refractivity contribution in [3.8, 4) is 11.3 Å². The monoisotopic (exact) mass is 326 g/mol. The van der Waals surface area contributed by atoms with Crippen molar-refractivity contribution in [2.45, 2.75) is 25.0 Å². The largest absolute Gasteiger partial charge is 0.368 e. The average Bonchev–Trinajstić information content (AvgIpc) is 3.02. The first-order chi connectivity index (χ1) is 11.0. The Morgan fingerprint density at radius 1 is 1.30 bits per heavy atom. The number of ether oxygens (including phenoxy) is 1. The molecular weight excluding hydrogens is 313 g/mol. The van der Waals surface area contributed by atoms with Gasteiger partial charge in [0.1, 0.15) is 11.8 Å². The van der Waals surface area contributed by atoms with E-state index >= 15 is 0 Å². The topological polar surface area (TPSA) is 83.0 Å². The Labute approximate surface area is 129 Å². The molecule has 0 aliphatic carbocycles. The van der Waals surface area contributed by atoms with Crippen LogP contribution in [0.15, 0.2) is 18.3 Å². The van der Waals surface area contributed by atoms with Gasteiger partial charge in [-0.3, -0.25) is 4.79 Å². The third kappa shape index (κ3) is 3.04. The van der Waals surface area contributed by atoms with Crippen LogP contribution in [0.3, 0.4) is 0 Å². The van der Waals surface area contributed by atoms with E-state index in [9.17, 15) is 18.0 Å². The minimum atomic E-state index is -1.53. The molecule has 0 spiro atoms. The van der Waals surface area contributed by atoms with Crippen LogP contribution in [-0.4, -0.2) is 33.6 Å². The van der Waals surface area contributed by atoms with Crippen LogP contribution in [0.2, 0.25) is 0 Å². The van der Waals surface area contributed by atoms with Gasteiger partial charge in [0.25, 0.3) is 0 Å². The van der Waals surface area contributed by atoms with Crippen LogP contribution in [0.5, 0.6) is 0 Å². The van der Waals surface area contributed by atoms with Crippen molar-refractivity contribution in [3.63, 3.8) is 0 Å². The molecule has 6 nitrogen and oxygen atoms in total. The molecule has 2 atom stereocenters. The number of aromatic nitrogens is 3. The smallest absolute Gasteiger partial charge is 0.246 e. The summed E-state index contributed by atoms with van der Waals surface area (Å²) < 4.78 is 46.3. The summed E-state index contributed by atoms with van der Waals surface area (Å²) in [5, 5.41) is 7.76. The van der Waals surface area contributed by atoms with E-state index in [1.165, 1.54) is 10.9 Å². The Bertz CT molecular complexity index is 726. The van der Waals surface area contributed by atoms with Gasteiger partial charge < -0.3 is 10.5 Å². The zero-order valence-corrected chi connectivity index (χ0v) is 11.9. The fraction of sp³-hybridized carbons (Fsp3) is 0.357. The number of nitrogens with zero attached hydrogens (tertiary/aromatic N) is 3. The number of carbonyl (C=O) groups is 1. The van der Waals surface area contributed by atoms with Crippen molar-refractivity contribution >= 4 is 5.91 Å². The van der Waals surface area contributed by atoms with E-state index in [0.717, 1.165) is 12.1 Å². The number of amides is 1. The van der Waals surface area contributed by atoms with Gasteiger partial charge in [-0.15, -0.1) is 5.10 Å². The predicted octanol–water partition coefficient (Wildman–Crippen LogP) is 1.57. The van der Waals surface area contributed by atoms with Gasteiger partial charge in [0.15, 0.2) is 17.5 Å². The maximum Gasteiger partial charge on any atom is 0.246 e. The summed E-state index contributed by atoms with van der Waals surface area (Å²) in [7, 11) is 0. The minimum Gasteiger partial charge on any atom is -0.368 e. The number of rotatable bonds is 3. The van der Waals surface area contributed by atoms with Crippen molar-refractivity contribution in [3.05, 3.63) is 35.8 Å². The normalized spacial score (nSPS) is 21.3. The van der Waals surface area contributed by atoms with Gasteiger partial charge in [-0.25, -0.2) is 17.9 Å². The summed E-state index contributed by atoms with van der Waals surface area (Å²) in [6.07, 6.45) is 1.71. The summed E-state index contributed by atoms with van der Waals surface area (Å²) >= 11 is 0. The van der Waals surface area contributed by atoms with E-state index in [2.05, 4.69) is 10.3 Å². The Morgan fingerprint density at radius 2 is 2.00 bits per heavy atom. The van der Waals surface area contributed by atoms with Crippen LogP contribution in [0.25, 0.3) is 11.3 Å². The highest BCUT2D eigenvalue weighted by molar-refractivity contribution is 5.78. The highest BCUT2D eigenvalue weighted by Crippen LogP contribution is 2.27. The Morgan fingerprint density at radius 3 is 2.65 bits per heavy atom. The molecule has 1 aliphatic heterocycles. The number of primary amides is 1. The van der Waals surface area contributed by atoms with Crippen LogP contribution in [0.1, 0.15) is 18.9 Å². The molecule has 0 radical (unpaired) electrons. The van der Waals surface area contributed by atoms with Crippen LogP contribution in [0, 0.1) is 17.5 Å². The highest BCUT2D eigenvalue weighted by atomic mass is 19.2. The van der Waals surface area contributed by atoms with E-state index < -0.39 is 29.5 Å². The number of benzene rings is 1. The van der Waals surface area contributed by atoms with E-state index in [0.29, 0.717) is 19.4 Å². The molecule has 2 N–H and O–H groups in total. The third-order valence-electron chi connectivity index (χ3n) is 3.74. The summed E-state index contributed by atoms with van der Waals surface area (Å²) in [5.74, 6) is -4.68. The first kappa shape index (κ1) is 15.5. The number of hydrogen-bond donors (Lipinski definition) is 1. The van der Waals surface area contributed by atoms with Gasteiger partial charge >= 0.3 is 0 Å². The lowest BCUT2D eigenvalue weighted by atomic mass is 10.0. The Hall–Kier alpha value is -2.42. The van der Waals surface area contributed by atoms with Gasteiger partial charge in [0.05, 0.1) is 12.2 Å². The molecule has 2 aromatic rings. The molecule has 0 saturated carbocycles. The Balaban J connectivity index is 1.84. The van der Waals surface area contributed by atoms with Gasteiger partial charge in [-0.05, 0) is 18.6 Å². The maximum absolute atomic E-state index is 13.3. The van der Waals surface area contributed by atoms with Gasteiger partial charge in [-0.2, -0.15) is 0 Å². The van der Waals surface area contributed by atoms with Crippen molar-refractivity contribution in [2.24, 2.45) is 5.73 Å². The molecule has 3 rings (SSSR count). The molecule has 0 bridgehead atoms. The molecule has 122 valence electrons. The highest BCUT2D eigenvalue weighted by Gasteiger charge is 2.28. The van der Waals surface area contributed by atoms with Crippen LogP contribution in [-0.2, 0) is 9.53 Å². The number of halogens is 3. The van der Waals surface area contributed by atoms with E-state index in [1.807, 2.05) is 0 Å². The fourth-order valence-electron chi connectivity index (χ4n) is 2.51. The van der Waals surface area contributed by atoms with Crippen molar-refractivity contribution in [1.82, 2.24) is 15.0 Å². The second-order valence-electron chi connectivity index (χ2n) is 5.28. The summed E-state index contributed by atoms with van der Waals surface area (Å²) in [5.41, 5.74) is 5.50. The van der Waals surface area contributed by atoms with Crippen molar-refractivity contribution < 1.29 is 22.7 Å². The lowest BCUT2D eigenvalue weighted by molar-refractivity contribution is -0.133. The van der Waals surface area contributed by atoms with Crippen LogP contribution >= 0.6 is 0 Å². The zero-order chi connectivity index (χ0) is 16.6. The molecule has 1 aromatic carbocycles. The van der Waals surface area contributed by atoms with Crippen LogP contribution < -0.4 is 5.73 Å². The molecule has 2 heterocycles. The van der Waals surface area contributed by atoms with Gasteiger partial charge in [0, 0.05) is 18.6 Å². The van der Waals surface area contributed by atoms with Crippen molar-refractivity contribution in [2.75, 3.05) is 6.61 Å². The lowest BCUT2D eigenvalue weighted by Crippen LogP contribution is -2.37. The molecule has 1 amide bonds. The molecular formula is C14H13F3N4O2. The second kappa shape index (κ2) is 5.99.